The molecule has 1 aliphatic carbocycles. The first kappa shape index (κ1) is 28.6. The van der Waals surface area contributed by atoms with E-state index in [1.54, 1.807) is 0 Å². The van der Waals surface area contributed by atoms with E-state index in [0.717, 1.165) is 63.2 Å². The van der Waals surface area contributed by atoms with Crippen molar-refractivity contribution in [1.29, 1.82) is 0 Å². The number of benzene rings is 7. The Morgan fingerprint density at radius 1 is 0.440 bits per heavy atom. The second kappa shape index (κ2) is 11.6. The number of hydrogen-bond acceptors (Lipinski definition) is 3. The van der Waals surface area contributed by atoms with Crippen LogP contribution in [0, 0.1) is 0 Å². The van der Waals surface area contributed by atoms with Gasteiger partial charge in [-0.05, 0) is 81.4 Å². The van der Waals surface area contributed by atoms with E-state index >= 15 is 0 Å². The van der Waals surface area contributed by atoms with Crippen molar-refractivity contribution in [3.63, 3.8) is 0 Å². The van der Waals surface area contributed by atoms with E-state index in [2.05, 4.69) is 146 Å². The van der Waals surface area contributed by atoms with Crippen LogP contribution >= 0.6 is 0 Å². The molecule has 3 heteroatoms. The second-order valence-corrected chi connectivity index (χ2v) is 13.1. The van der Waals surface area contributed by atoms with Crippen molar-refractivity contribution in [1.82, 2.24) is 15.0 Å². The van der Waals surface area contributed by atoms with Gasteiger partial charge >= 0.3 is 0 Å². The maximum atomic E-state index is 5.36. The van der Waals surface area contributed by atoms with Gasteiger partial charge in [0, 0.05) is 32.7 Å². The van der Waals surface area contributed by atoms with Crippen molar-refractivity contribution in [2.75, 3.05) is 0 Å². The molecule has 10 rings (SSSR count). The second-order valence-electron chi connectivity index (χ2n) is 13.1. The summed E-state index contributed by atoms with van der Waals surface area (Å²) in [5.41, 5.74) is 9.78. The molecule has 0 unspecified atom stereocenters. The molecule has 0 bridgehead atoms. The summed E-state index contributed by atoms with van der Waals surface area (Å²) in [5, 5.41) is 9.60. The number of aromatic nitrogens is 3. The van der Waals surface area contributed by atoms with Crippen molar-refractivity contribution in [2.45, 2.75) is 12.8 Å². The summed E-state index contributed by atoms with van der Waals surface area (Å²) >= 11 is 0. The number of fused-ring (bicyclic) bond motifs is 7. The van der Waals surface area contributed by atoms with Crippen LogP contribution in [0.5, 0.6) is 0 Å². The molecule has 50 heavy (non-hydrogen) atoms. The Kier molecular flexibility index (Phi) is 6.63. The summed E-state index contributed by atoms with van der Waals surface area (Å²) in [6, 6.07) is 53.8. The number of allylic oxidation sites excluding steroid dienone is 4. The fourth-order valence-electron chi connectivity index (χ4n) is 7.73. The average molecular weight is 638 g/mol. The third-order valence-electron chi connectivity index (χ3n) is 10.1. The summed E-state index contributed by atoms with van der Waals surface area (Å²) in [7, 11) is 0. The Balaban J connectivity index is 1.22. The first-order valence-electron chi connectivity index (χ1n) is 17.3. The van der Waals surface area contributed by atoms with Gasteiger partial charge in [-0.3, -0.25) is 0 Å². The van der Waals surface area contributed by atoms with Gasteiger partial charge < -0.3 is 0 Å². The van der Waals surface area contributed by atoms with E-state index in [1.165, 1.54) is 48.8 Å². The molecule has 0 saturated heterocycles. The minimum absolute atomic E-state index is 0.745. The molecule has 3 nitrogen and oxygen atoms in total. The third kappa shape index (κ3) is 4.70. The standard InChI is InChI=1S/C47H31N3/c1-2-14-31(15-3-1)47-49-43-24-11-9-22-39(43)45(50-47)34-18-12-17-33(28-34)40-29-41-44(37-20-7-6-19-36(37)40)38-21-8-10-23-42(38)48-46(41)35-26-25-30-13-4-5-16-32(30)27-35/h1-11,13-16,18-29H,12,17H2. The van der Waals surface area contributed by atoms with E-state index in [0.29, 0.717) is 0 Å². The molecule has 0 fully saturated rings. The van der Waals surface area contributed by atoms with E-state index in [1.807, 2.05) is 18.2 Å². The highest BCUT2D eigenvalue weighted by Gasteiger charge is 2.20. The van der Waals surface area contributed by atoms with Gasteiger partial charge in [-0.25, -0.2) is 15.0 Å². The minimum Gasteiger partial charge on any atom is -0.247 e. The molecule has 9 aromatic rings. The largest absolute Gasteiger partial charge is 0.247 e. The van der Waals surface area contributed by atoms with Gasteiger partial charge in [-0.2, -0.15) is 0 Å². The van der Waals surface area contributed by atoms with E-state index in [4.69, 9.17) is 15.0 Å². The molecule has 0 amide bonds. The van der Waals surface area contributed by atoms with Crippen LogP contribution in [-0.4, -0.2) is 15.0 Å². The summed E-state index contributed by atoms with van der Waals surface area (Å²) in [4.78, 5) is 15.5. The lowest BCUT2D eigenvalue weighted by atomic mass is 9.85. The fraction of sp³-hybridized carbons (Fsp3) is 0.0426. The lowest BCUT2D eigenvalue weighted by Crippen LogP contribution is -2.01. The van der Waals surface area contributed by atoms with Gasteiger partial charge in [0.15, 0.2) is 5.82 Å². The lowest BCUT2D eigenvalue weighted by molar-refractivity contribution is 1.06. The molecule has 0 atom stereocenters. The number of pyridine rings is 1. The highest BCUT2D eigenvalue weighted by molar-refractivity contribution is 6.24. The molecule has 2 heterocycles. The first-order valence-corrected chi connectivity index (χ1v) is 17.3. The Morgan fingerprint density at radius 3 is 1.96 bits per heavy atom. The van der Waals surface area contributed by atoms with Crippen LogP contribution in [0.2, 0.25) is 0 Å². The summed E-state index contributed by atoms with van der Waals surface area (Å²) in [6.07, 6.45) is 6.58. The van der Waals surface area contributed by atoms with Gasteiger partial charge in [0.25, 0.3) is 0 Å². The van der Waals surface area contributed by atoms with Crippen molar-refractivity contribution < 1.29 is 0 Å². The SMILES string of the molecule is C1=C(c2nc(-c3ccccc3)nc3ccccc23)C=C(c2cc3c(-c4ccc5ccccc5c4)nc4ccccc4c3c3ccccc23)CC1. The normalized spacial score (nSPS) is 13.3. The Bertz CT molecular complexity index is 2870. The van der Waals surface area contributed by atoms with Crippen molar-refractivity contribution in [3.05, 3.63) is 175 Å². The molecular weight excluding hydrogens is 607 g/mol. The van der Waals surface area contributed by atoms with Crippen molar-refractivity contribution >= 4 is 65.3 Å². The molecule has 0 saturated carbocycles. The van der Waals surface area contributed by atoms with E-state index in [-0.39, 0.29) is 0 Å². The van der Waals surface area contributed by atoms with Crippen LogP contribution in [0.1, 0.15) is 24.1 Å². The zero-order chi connectivity index (χ0) is 33.0. The maximum absolute atomic E-state index is 5.36. The lowest BCUT2D eigenvalue weighted by Gasteiger charge is -2.20. The van der Waals surface area contributed by atoms with Crippen LogP contribution in [0.25, 0.3) is 87.9 Å². The minimum atomic E-state index is 0.745. The molecule has 7 aromatic carbocycles. The van der Waals surface area contributed by atoms with Gasteiger partial charge in [0.05, 0.1) is 22.4 Å². The van der Waals surface area contributed by atoms with Gasteiger partial charge in [0.1, 0.15) is 0 Å². The maximum Gasteiger partial charge on any atom is 0.160 e. The molecular formula is C47H31N3. The summed E-state index contributed by atoms with van der Waals surface area (Å²) in [6.45, 7) is 0. The van der Waals surface area contributed by atoms with Crippen LogP contribution < -0.4 is 0 Å². The highest BCUT2D eigenvalue weighted by atomic mass is 14.9. The predicted octanol–water partition coefficient (Wildman–Crippen LogP) is 12.2. The number of rotatable bonds is 4. The summed E-state index contributed by atoms with van der Waals surface area (Å²) < 4.78 is 0. The third-order valence-corrected chi connectivity index (χ3v) is 10.1. The van der Waals surface area contributed by atoms with Gasteiger partial charge in [0.2, 0.25) is 0 Å². The van der Waals surface area contributed by atoms with E-state index in [9.17, 15) is 0 Å². The zero-order valence-electron chi connectivity index (χ0n) is 27.3. The smallest absolute Gasteiger partial charge is 0.160 e. The van der Waals surface area contributed by atoms with E-state index < -0.39 is 0 Å². The van der Waals surface area contributed by atoms with Crippen molar-refractivity contribution in [3.8, 4) is 22.6 Å². The average Bonchev–Trinajstić information content (AvgIpc) is 3.20. The Morgan fingerprint density at radius 2 is 1.12 bits per heavy atom. The molecule has 0 aliphatic heterocycles. The molecule has 234 valence electrons. The van der Waals surface area contributed by atoms with Crippen LogP contribution in [0.4, 0.5) is 0 Å². The Hall–Kier alpha value is -6.45. The van der Waals surface area contributed by atoms with Gasteiger partial charge in [-0.15, -0.1) is 0 Å². The molecule has 0 radical (unpaired) electrons. The molecule has 2 aromatic heterocycles. The number of hydrogen-bond donors (Lipinski definition) is 0. The zero-order valence-corrected chi connectivity index (χ0v) is 27.3. The molecule has 0 spiro atoms. The first-order chi connectivity index (χ1) is 24.8. The fourth-order valence-corrected chi connectivity index (χ4v) is 7.73. The quantitative estimate of drug-likeness (QED) is 0.180. The summed E-state index contributed by atoms with van der Waals surface area (Å²) in [5.74, 6) is 0.745. The van der Waals surface area contributed by atoms with Crippen LogP contribution in [0.15, 0.2) is 164 Å². The number of para-hydroxylation sites is 2. The Labute approximate surface area is 289 Å². The highest BCUT2D eigenvalue weighted by Crippen LogP contribution is 2.43. The molecule has 1 aliphatic rings. The van der Waals surface area contributed by atoms with Gasteiger partial charge in [-0.1, -0.05) is 133 Å². The predicted molar refractivity (Wildman–Crippen MR) is 210 cm³/mol. The topological polar surface area (TPSA) is 38.7 Å². The van der Waals surface area contributed by atoms with Crippen LogP contribution in [-0.2, 0) is 0 Å². The van der Waals surface area contributed by atoms with Crippen molar-refractivity contribution in [2.24, 2.45) is 0 Å². The number of nitrogens with zero attached hydrogens (tertiary/aromatic N) is 3. The monoisotopic (exact) mass is 637 g/mol. The molecule has 0 N–H and O–H groups in total. The van der Waals surface area contributed by atoms with Crippen LogP contribution in [0.3, 0.4) is 0 Å².